The van der Waals surface area contributed by atoms with E-state index in [1.54, 1.807) is 34.4 Å². The molecule has 23 heavy (non-hydrogen) atoms. The first-order chi connectivity index (χ1) is 11.4. The lowest BCUT2D eigenvalue weighted by Gasteiger charge is -2.07. The smallest absolute Gasteiger partial charge is 0.191 e. The molecule has 7 heteroatoms. The van der Waals surface area contributed by atoms with Crippen LogP contribution in [0.5, 0.6) is 0 Å². The SMILES string of the molecule is c1csc(-c2nc(CSc3nnc(C4CC4)n3C3CC3)cs2)c1. The normalized spacial score (nSPS) is 17.7. The predicted molar refractivity (Wildman–Crippen MR) is 95.3 cm³/mol. The van der Waals surface area contributed by atoms with Crippen LogP contribution in [0.25, 0.3) is 9.88 Å². The van der Waals surface area contributed by atoms with E-state index in [1.807, 2.05) is 0 Å². The Morgan fingerprint density at radius 3 is 2.83 bits per heavy atom. The largest absolute Gasteiger partial charge is 0.303 e. The Balaban J connectivity index is 1.33. The van der Waals surface area contributed by atoms with Crippen molar-refractivity contribution in [2.75, 3.05) is 0 Å². The number of aromatic nitrogens is 4. The van der Waals surface area contributed by atoms with Gasteiger partial charge < -0.3 is 4.57 Å². The van der Waals surface area contributed by atoms with E-state index in [4.69, 9.17) is 4.98 Å². The summed E-state index contributed by atoms with van der Waals surface area (Å²) in [6.45, 7) is 0. The van der Waals surface area contributed by atoms with Crippen molar-refractivity contribution in [2.24, 2.45) is 0 Å². The molecule has 0 spiro atoms. The van der Waals surface area contributed by atoms with E-state index < -0.39 is 0 Å². The van der Waals surface area contributed by atoms with Gasteiger partial charge >= 0.3 is 0 Å². The summed E-state index contributed by atoms with van der Waals surface area (Å²) in [5, 5.41) is 15.4. The summed E-state index contributed by atoms with van der Waals surface area (Å²) < 4.78 is 2.41. The Bertz CT molecular complexity index is 812. The number of hydrogen-bond donors (Lipinski definition) is 0. The molecule has 0 radical (unpaired) electrons. The molecule has 0 bridgehead atoms. The van der Waals surface area contributed by atoms with E-state index in [2.05, 4.69) is 37.7 Å². The van der Waals surface area contributed by atoms with E-state index >= 15 is 0 Å². The van der Waals surface area contributed by atoms with E-state index in [0.717, 1.165) is 21.6 Å². The number of thiazole rings is 1. The van der Waals surface area contributed by atoms with Crippen molar-refractivity contribution in [3.63, 3.8) is 0 Å². The average Bonchev–Trinajstić information content (AvgIpc) is 3.43. The highest BCUT2D eigenvalue weighted by molar-refractivity contribution is 7.98. The lowest BCUT2D eigenvalue weighted by atomic mass is 10.4. The van der Waals surface area contributed by atoms with Crippen molar-refractivity contribution >= 4 is 34.4 Å². The summed E-state index contributed by atoms with van der Waals surface area (Å²) in [5.41, 5.74) is 1.14. The van der Waals surface area contributed by atoms with Crippen molar-refractivity contribution in [1.29, 1.82) is 0 Å². The number of nitrogens with zero attached hydrogens (tertiary/aromatic N) is 4. The van der Waals surface area contributed by atoms with Crippen LogP contribution >= 0.6 is 34.4 Å². The Hall–Kier alpha value is -1.18. The van der Waals surface area contributed by atoms with Gasteiger partial charge in [-0.1, -0.05) is 17.8 Å². The first-order valence-corrected chi connectivity index (χ1v) is 10.7. The van der Waals surface area contributed by atoms with Gasteiger partial charge in [0.15, 0.2) is 5.16 Å². The van der Waals surface area contributed by atoms with Crippen LogP contribution in [-0.2, 0) is 5.75 Å². The van der Waals surface area contributed by atoms with Gasteiger partial charge in [-0.15, -0.1) is 32.9 Å². The van der Waals surface area contributed by atoms with Crippen LogP contribution < -0.4 is 0 Å². The monoisotopic (exact) mass is 360 g/mol. The summed E-state index contributed by atoms with van der Waals surface area (Å²) in [6, 6.07) is 4.86. The third-order valence-corrected chi connectivity index (χ3v) is 7.09. The highest BCUT2D eigenvalue weighted by Crippen LogP contribution is 2.46. The van der Waals surface area contributed by atoms with Crippen LogP contribution in [0.4, 0.5) is 0 Å². The van der Waals surface area contributed by atoms with Crippen molar-refractivity contribution in [3.05, 3.63) is 34.4 Å². The van der Waals surface area contributed by atoms with Gasteiger partial charge in [-0.25, -0.2) is 4.98 Å². The zero-order valence-corrected chi connectivity index (χ0v) is 15.0. The van der Waals surface area contributed by atoms with E-state index in [9.17, 15) is 0 Å². The van der Waals surface area contributed by atoms with Gasteiger partial charge in [0, 0.05) is 23.1 Å². The summed E-state index contributed by atoms with van der Waals surface area (Å²) in [4.78, 5) is 6.02. The van der Waals surface area contributed by atoms with Crippen LogP contribution in [0.1, 0.15) is 49.2 Å². The first-order valence-electron chi connectivity index (χ1n) is 7.94. The quantitative estimate of drug-likeness (QED) is 0.582. The first kappa shape index (κ1) is 14.2. The second-order valence-electron chi connectivity index (χ2n) is 6.13. The maximum atomic E-state index is 4.76. The Morgan fingerprint density at radius 2 is 2.09 bits per heavy atom. The Labute approximate surface area is 147 Å². The summed E-state index contributed by atoms with van der Waals surface area (Å²) in [7, 11) is 0. The zero-order valence-electron chi connectivity index (χ0n) is 12.5. The number of rotatable bonds is 6. The molecule has 2 aliphatic rings. The van der Waals surface area contributed by atoms with Gasteiger partial charge in [0.1, 0.15) is 10.8 Å². The van der Waals surface area contributed by atoms with Gasteiger partial charge in [0.25, 0.3) is 0 Å². The van der Waals surface area contributed by atoms with Crippen molar-refractivity contribution in [1.82, 2.24) is 19.7 Å². The molecule has 0 saturated heterocycles. The second kappa shape index (κ2) is 5.72. The third kappa shape index (κ3) is 2.86. The molecule has 4 nitrogen and oxygen atoms in total. The summed E-state index contributed by atoms with van der Waals surface area (Å²) >= 11 is 5.26. The van der Waals surface area contributed by atoms with Gasteiger partial charge in [0.05, 0.1) is 10.6 Å². The molecule has 0 aliphatic heterocycles. The van der Waals surface area contributed by atoms with Crippen LogP contribution in [0.2, 0.25) is 0 Å². The standard InChI is InChI=1S/C16H16N4S3/c1-2-13(21-7-1)15-17-11(8-22-15)9-23-16-19-18-14(10-3-4-10)20(16)12-5-6-12/h1-2,7-8,10,12H,3-6,9H2. The molecule has 5 rings (SSSR count). The number of thiophene rings is 1. The summed E-state index contributed by atoms with van der Waals surface area (Å²) in [6.07, 6.45) is 5.13. The average molecular weight is 361 g/mol. The maximum absolute atomic E-state index is 4.76. The minimum absolute atomic E-state index is 0.653. The molecular weight excluding hydrogens is 344 g/mol. The molecule has 2 aliphatic carbocycles. The number of hydrogen-bond acceptors (Lipinski definition) is 6. The second-order valence-corrected chi connectivity index (χ2v) is 8.87. The third-order valence-electron chi connectivity index (χ3n) is 4.18. The molecule has 3 heterocycles. The molecule has 0 amide bonds. The molecule has 0 atom stereocenters. The molecular formula is C16H16N4S3. The Kier molecular flexibility index (Phi) is 3.53. The van der Waals surface area contributed by atoms with Crippen molar-refractivity contribution in [2.45, 2.75) is 48.6 Å². The molecule has 118 valence electrons. The molecule has 3 aromatic rings. The van der Waals surface area contributed by atoms with Crippen LogP contribution in [-0.4, -0.2) is 19.7 Å². The highest BCUT2D eigenvalue weighted by Gasteiger charge is 2.36. The minimum atomic E-state index is 0.653. The molecule has 0 aromatic carbocycles. The zero-order chi connectivity index (χ0) is 15.2. The minimum Gasteiger partial charge on any atom is -0.303 e. The van der Waals surface area contributed by atoms with Crippen LogP contribution in [0.15, 0.2) is 28.0 Å². The fourth-order valence-corrected chi connectivity index (χ4v) is 5.35. The van der Waals surface area contributed by atoms with Crippen LogP contribution in [0.3, 0.4) is 0 Å². The summed E-state index contributed by atoms with van der Waals surface area (Å²) in [5.74, 6) is 2.77. The van der Waals surface area contributed by atoms with Gasteiger partial charge in [0.2, 0.25) is 0 Å². The fraction of sp³-hybridized carbons (Fsp3) is 0.438. The predicted octanol–water partition coefficient (Wildman–Crippen LogP) is 4.97. The number of thioether (sulfide) groups is 1. The van der Waals surface area contributed by atoms with Gasteiger partial charge in [-0.3, -0.25) is 0 Å². The molecule has 2 fully saturated rings. The van der Waals surface area contributed by atoms with Gasteiger partial charge in [-0.05, 0) is 37.1 Å². The fourth-order valence-electron chi connectivity index (χ4n) is 2.71. The van der Waals surface area contributed by atoms with Crippen molar-refractivity contribution < 1.29 is 0 Å². The molecule has 3 aromatic heterocycles. The van der Waals surface area contributed by atoms with Crippen LogP contribution in [0, 0.1) is 0 Å². The van der Waals surface area contributed by atoms with Crippen molar-refractivity contribution in [3.8, 4) is 9.88 Å². The van der Waals surface area contributed by atoms with Gasteiger partial charge in [-0.2, -0.15) is 0 Å². The Morgan fingerprint density at radius 1 is 1.17 bits per heavy atom. The topological polar surface area (TPSA) is 43.6 Å². The molecule has 0 N–H and O–H groups in total. The molecule has 0 unspecified atom stereocenters. The maximum Gasteiger partial charge on any atom is 0.191 e. The van der Waals surface area contributed by atoms with E-state index in [1.165, 1.54) is 36.4 Å². The lowest BCUT2D eigenvalue weighted by molar-refractivity contribution is 0.627. The van der Waals surface area contributed by atoms with E-state index in [0.29, 0.717) is 12.0 Å². The van der Waals surface area contributed by atoms with E-state index in [-0.39, 0.29) is 0 Å². The highest BCUT2D eigenvalue weighted by atomic mass is 32.2. The molecule has 2 saturated carbocycles. The lowest BCUT2D eigenvalue weighted by Crippen LogP contribution is -2.01.